The number of nitrogens with zero attached hydrogens (tertiary/aromatic N) is 2. The summed E-state index contributed by atoms with van der Waals surface area (Å²) < 4.78 is 11.0. The molecule has 3 aliphatic rings. The third-order valence-corrected chi connectivity index (χ3v) is 6.76. The van der Waals surface area contributed by atoms with Crippen molar-refractivity contribution in [1.82, 2.24) is 9.80 Å². The first-order valence-corrected chi connectivity index (χ1v) is 10.3. The van der Waals surface area contributed by atoms with Crippen molar-refractivity contribution in [2.24, 2.45) is 5.41 Å². The van der Waals surface area contributed by atoms with Gasteiger partial charge in [-0.05, 0) is 74.2 Å². The van der Waals surface area contributed by atoms with Crippen LogP contribution in [0.4, 0.5) is 0 Å². The maximum absolute atomic E-state index is 5.73. The predicted octanol–water partition coefficient (Wildman–Crippen LogP) is 3.12. The van der Waals surface area contributed by atoms with Gasteiger partial charge in [0.05, 0.1) is 13.7 Å². The second-order valence-electron chi connectivity index (χ2n) is 8.62. The van der Waals surface area contributed by atoms with Crippen molar-refractivity contribution in [3.05, 3.63) is 28.8 Å². The lowest BCUT2D eigenvalue weighted by Gasteiger charge is -2.40. The zero-order chi connectivity index (χ0) is 18.0. The van der Waals surface area contributed by atoms with Crippen molar-refractivity contribution in [1.29, 1.82) is 0 Å². The molecule has 4 nitrogen and oxygen atoms in total. The van der Waals surface area contributed by atoms with E-state index >= 15 is 0 Å². The molecule has 1 aromatic rings. The predicted molar refractivity (Wildman–Crippen MR) is 105 cm³/mol. The lowest BCUT2D eigenvalue weighted by atomic mass is 9.79. The lowest BCUT2D eigenvalue weighted by Crippen LogP contribution is -2.45. The molecule has 4 heteroatoms. The van der Waals surface area contributed by atoms with Gasteiger partial charge in [0.1, 0.15) is 5.75 Å². The molecule has 1 atom stereocenters. The van der Waals surface area contributed by atoms with Crippen molar-refractivity contribution < 1.29 is 9.47 Å². The van der Waals surface area contributed by atoms with Crippen molar-refractivity contribution in [2.45, 2.75) is 45.1 Å². The number of methoxy groups -OCH3 is 2. The summed E-state index contributed by atoms with van der Waals surface area (Å²) in [6.45, 7) is 7.91. The van der Waals surface area contributed by atoms with Gasteiger partial charge in [0.15, 0.2) is 0 Å². The van der Waals surface area contributed by atoms with E-state index in [2.05, 4.69) is 21.9 Å². The van der Waals surface area contributed by atoms with Crippen LogP contribution in [0.15, 0.2) is 12.1 Å². The monoisotopic (exact) mass is 358 g/mol. The minimum atomic E-state index is 0.496. The van der Waals surface area contributed by atoms with Gasteiger partial charge in [-0.3, -0.25) is 4.90 Å². The minimum Gasteiger partial charge on any atom is -0.496 e. The van der Waals surface area contributed by atoms with E-state index in [4.69, 9.17) is 9.47 Å². The third-order valence-electron chi connectivity index (χ3n) is 6.76. The summed E-state index contributed by atoms with van der Waals surface area (Å²) in [5.74, 6) is 1.09. The highest BCUT2D eigenvalue weighted by atomic mass is 16.5. The number of ether oxygens (including phenoxy) is 2. The van der Waals surface area contributed by atoms with Crippen LogP contribution >= 0.6 is 0 Å². The van der Waals surface area contributed by atoms with Crippen LogP contribution in [0.2, 0.25) is 0 Å². The van der Waals surface area contributed by atoms with Gasteiger partial charge >= 0.3 is 0 Å². The number of benzene rings is 1. The fourth-order valence-corrected chi connectivity index (χ4v) is 5.42. The molecule has 2 saturated heterocycles. The van der Waals surface area contributed by atoms with Crippen LogP contribution in [0.1, 0.15) is 42.4 Å². The Balaban J connectivity index is 1.41. The van der Waals surface area contributed by atoms with E-state index in [1.165, 1.54) is 75.8 Å². The number of aryl methyl sites for hydroxylation is 2. The molecule has 2 fully saturated rings. The minimum absolute atomic E-state index is 0.496. The molecule has 2 heterocycles. The molecule has 26 heavy (non-hydrogen) atoms. The Hall–Kier alpha value is -1.10. The second kappa shape index (κ2) is 7.87. The summed E-state index contributed by atoms with van der Waals surface area (Å²) >= 11 is 0. The maximum Gasteiger partial charge on any atom is 0.123 e. The number of hydrogen-bond donors (Lipinski definition) is 0. The van der Waals surface area contributed by atoms with Crippen LogP contribution in [0.3, 0.4) is 0 Å². The molecule has 144 valence electrons. The van der Waals surface area contributed by atoms with Crippen molar-refractivity contribution in [2.75, 3.05) is 53.6 Å². The van der Waals surface area contributed by atoms with E-state index in [1.807, 2.05) is 7.11 Å². The Morgan fingerprint density at radius 2 is 1.77 bits per heavy atom. The maximum atomic E-state index is 5.73. The summed E-state index contributed by atoms with van der Waals surface area (Å²) in [7, 11) is 3.63. The number of piperidine rings is 1. The Kier molecular flexibility index (Phi) is 5.53. The molecule has 1 unspecified atom stereocenters. The fraction of sp³-hybridized carbons (Fsp3) is 0.727. The molecule has 0 N–H and O–H groups in total. The van der Waals surface area contributed by atoms with Crippen LogP contribution < -0.4 is 4.74 Å². The van der Waals surface area contributed by atoms with Gasteiger partial charge in [0, 0.05) is 38.9 Å². The molecule has 1 aromatic carbocycles. The van der Waals surface area contributed by atoms with Crippen LogP contribution in [0.5, 0.6) is 5.75 Å². The summed E-state index contributed by atoms with van der Waals surface area (Å²) in [6, 6.07) is 4.73. The molecule has 0 bridgehead atoms. The van der Waals surface area contributed by atoms with Gasteiger partial charge in [-0.25, -0.2) is 0 Å². The second-order valence-corrected chi connectivity index (χ2v) is 8.62. The van der Waals surface area contributed by atoms with Crippen LogP contribution in [-0.4, -0.2) is 63.4 Å². The standard InChI is InChI=1S/C22H34N2O2/c1-25-12-11-23-9-4-7-22(16-23)8-10-24(17-22)15-20-13-18-5-3-6-19(18)14-21(20)26-2/h13-14H,3-12,15-17H2,1-2H3. The highest BCUT2D eigenvalue weighted by molar-refractivity contribution is 5.44. The first kappa shape index (κ1) is 18.3. The third kappa shape index (κ3) is 3.78. The molecular formula is C22H34N2O2. The van der Waals surface area contributed by atoms with Crippen molar-refractivity contribution in [3.63, 3.8) is 0 Å². The van der Waals surface area contributed by atoms with Gasteiger partial charge in [-0.1, -0.05) is 6.07 Å². The largest absolute Gasteiger partial charge is 0.496 e. The van der Waals surface area contributed by atoms with Gasteiger partial charge in [-0.2, -0.15) is 0 Å². The Morgan fingerprint density at radius 3 is 2.58 bits per heavy atom. The zero-order valence-corrected chi connectivity index (χ0v) is 16.6. The zero-order valence-electron chi connectivity index (χ0n) is 16.6. The first-order chi connectivity index (χ1) is 12.7. The van der Waals surface area contributed by atoms with Gasteiger partial charge < -0.3 is 14.4 Å². The number of fused-ring (bicyclic) bond motifs is 1. The molecule has 0 radical (unpaired) electrons. The van der Waals surface area contributed by atoms with Crippen molar-refractivity contribution in [3.8, 4) is 5.75 Å². The summed E-state index contributed by atoms with van der Waals surface area (Å²) in [6.07, 6.45) is 7.81. The quantitative estimate of drug-likeness (QED) is 0.780. The molecule has 1 aliphatic carbocycles. The summed E-state index contributed by atoms with van der Waals surface area (Å²) in [5.41, 5.74) is 4.94. The highest BCUT2D eigenvalue weighted by Crippen LogP contribution is 2.40. The topological polar surface area (TPSA) is 24.9 Å². The smallest absolute Gasteiger partial charge is 0.123 e. The molecular weight excluding hydrogens is 324 g/mol. The summed E-state index contributed by atoms with van der Waals surface area (Å²) in [5, 5.41) is 0. The van der Waals surface area contributed by atoms with Crippen LogP contribution in [0.25, 0.3) is 0 Å². The number of likely N-dealkylation sites (tertiary alicyclic amines) is 2. The Morgan fingerprint density at radius 1 is 0.962 bits per heavy atom. The summed E-state index contributed by atoms with van der Waals surface area (Å²) in [4.78, 5) is 5.28. The van der Waals surface area contributed by atoms with E-state index in [9.17, 15) is 0 Å². The van der Waals surface area contributed by atoms with E-state index in [1.54, 1.807) is 12.7 Å². The number of rotatable bonds is 6. The first-order valence-electron chi connectivity index (χ1n) is 10.3. The molecule has 0 amide bonds. The molecule has 0 aromatic heterocycles. The van der Waals surface area contributed by atoms with E-state index in [0.29, 0.717) is 5.41 Å². The normalized spacial score (nSPS) is 26.5. The van der Waals surface area contributed by atoms with Crippen LogP contribution in [-0.2, 0) is 24.1 Å². The van der Waals surface area contributed by atoms with Crippen LogP contribution in [0, 0.1) is 5.41 Å². The van der Waals surface area contributed by atoms with E-state index < -0.39 is 0 Å². The fourth-order valence-electron chi connectivity index (χ4n) is 5.42. The van der Waals surface area contributed by atoms with Gasteiger partial charge in [0.2, 0.25) is 0 Å². The Bertz CT molecular complexity index is 633. The van der Waals surface area contributed by atoms with Crippen molar-refractivity contribution >= 4 is 0 Å². The van der Waals surface area contributed by atoms with Gasteiger partial charge in [-0.15, -0.1) is 0 Å². The van der Waals surface area contributed by atoms with E-state index in [-0.39, 0.29) is 0 Å². The average molecular weight is 359 g/mol. The molecule has 1 spiro atoms. The molecule has 2 aliphatic heterocycles. The number of hydrogen-bond acceptors (Lipinski definition) is 4. The SMILES string of the molecule is COCCN1CCCC2(CCN(Cc3cc4c(cc3OC)CCC4)C2)C1. The van der Waals surface area contributed by atoms with Gasteiger partial charge in [0.25, 0.3) is 0 Å². The highest BCUT2D eigenvalue weighted by Gasteiger charge is 2.41. The average Bonchev–Trinajstić information content (AvgIpc) is 3.26. The Labute approximate surface area is 158 Å². The molecule has 0 saturated carbocycles. The lowest BCUT2D eigenvalue weighted by molar-refractivity contribution is 0.0673. The molecule has 4 rings (SSSR count). The van der Waals surface area contributed by atoms with E-state index in [0.717, 1.165) is 25.4 Å².